The lowest BCUT2D eigenvalue weighted by atomic mass is 10.2. The predicted octanol–water partition coefficient (Wildman–Crippen LogP) is 3.27. The van der Waals surface area contributed by atoms with Crippen molar-refractivity contribution >= 4 is 22.6 Å². The first-order chi connectivity index (χ1) is 11.3. The van der Waals surface area contributed by atoms with Crippen molar-refractivity contribution in [3.05, 3.63) is 36.5 Å². The molecule has 120 valence electrons. The summed E-state index contributed by atoms with van der Waals surface area (Å²) in [5.41, 5.74) is 1.69. The molecule has 0 bridgehead atoms. The Hall–Kier alpha value is -2.14. The lowest BCUT2D eigenvalue weighted by molar-refractivity contribution is 0.0543. The molecule has 0 radical (unpaired) electrons. The van der Waals surface area contributed by atoms with Gasteiger partial charge in [-0.25, -0.2) is 4.79 Å². The standard InChI is InChI=1S/C18H21N3O2/c22-18(21-10-8-14(11-21)23-12-13-6-7-13)20-17-5-1-4-16-15(17)3-2-9-19-16/h1-5,9,13-14H,6-8,10-12H2,(H,20,22)/t14-/m1/s1. The first-order valence-corrected chi connectivity index (χ1v) is 8.31. The van der Waals surface area contributed by atoms with Gasteiger partial charge in [-0.2, -0.15) is 0 Å². The second-order valence-electron chi connectivity index (χ2n) is 6.44. The molecular formula is C18H21N3O2. The fourth-order valence-corrected chi connectivity index (χ4v) is 3.01. The van der Waals surface area contributed by atoms with Gasteiger partial charge in [-0.15, -0.1) is 0 Å². The number of hydrogen-bond acceptors (Lipinski definition) is 3. The highest BCUT2D eigenvalue weighted by Gasteiger charge is 2.29. The Labute approximate surface area is 135 Å². The van der Waals surface area contributed by atoms with Crippen molar-refractivity contribution in [2.75, 3.05) is 25.0 Å². The third kappa shape index (κ3) is 3.29. The van der Waals surface area contributed by atoms with Gasteiger partial charge in [-0.05, 0) is 49.4 Å². The molecule has 2 amide bonds. The molecular weight excluding hydrogens is 290 g/mol. The largest absolute Gasteiger partial charge is 0.376 e. The number of carbonyl (C=O) groups excluding carboxylic acids is 1. The summed E-state index contributed by atoms with van der Waals surface area (Å²) in [6.45, 7) is 2.29. The monoisotopic (exact) mass is 311 g/mol. The van der Waals surface area contributed by atoms with Crippen LogP contribution < -0.4 is 5.32 Å². The second-order valence-corrected chi connectivity index (χ2v) is 6.44. The minimum atomic E-state index is -0.0566. The number of urea groups is 1. The Morgan fingerprint density at radius 1 is 1.26 bits per heavy atom. The molecule has 5 heteroatoms. The summed E-state index contributed by atoms with van der Waals surface area (Å²) in [6.07, 6.45) is 5.47. The van der Waals surface area contributed by atoms with Gasteiger partial charge in [0, 0.05) is 31.3 Å². The predicted molar refractivity (Wildman–Crippen MR) is 89.4 cm³/mol. The van der Waals surface area contributed by atoms with Gasteiger partial charge in [0.25, 0.3) is 0 Å². The van der Waals surface area contributed by atoms with Crippen LogP contribution in [0.5, 0.6) is 0 Å². The molecule has 1 saturated heterocycles. The fraction of sp³-hybridized carbons (Fsp3) is 0.444. The van der Waals surface area contributed by atoms with Crippen LogP contribution in [0, 0.1) is 5.92 Å². The number of fused-ring (bicyclic) bond motifs is 1. The summed E-state index contributed by atoms with van der Waals surface area (Å²) >= 11 is 0. The highest BCUT2D eigenvalue weighted by atomic mass is 16.5. The molecule has 0 spiro atoms. The Morgan fingerprint density at radius 3 is 3.04 bits per heavy atom. The van der Waals surface area contributed by atoms with Crippen LogP contribution >= 0.6 is 0 Å². The van der Waals surface area contributed by atoms with Crippen LogP contribution in [-0.4, -0.2) is 41.7 Å². The van der Waals surface area contributed by atoms with E-state index in [4.69, 9.17) is 4.74 Å². The number of likely N-dealkylation sites (tertiary alicyclic amines) is 1. The van der Waals surface area contributed by atoms with Gasteiger partial charge in [-0.3, -0.25) is 4.98 Å². The van der Waals surface area contributed by atoms with Crippen LogP contribution in [0.2, 0.25) is 0 Å². The Bertz CT molecular complexity index is 709. The van der Waals surface area contributed by atoms with Crippen LogP contribution in [0.1, 0.15) is 19.3 Å². The van der Waals surface area contributed by atoms with E-state index in [0.717, 1.165) is 42.1 Å². The van der Waals surface area contributed by atoms with Gasteiger partial charge in [-0.1, -0.05) is 6.07 Å². The zero-order valence-corrected chi connectivity index (χ0v) is 13.1. The maximum atomic E-state index is 12.5. The average molecular weight is 311 g/mol. The summed E-state index contributed by atoms with van der Waals surface area (Å²) in [5, 5.41) is 3.98. The van der Waals surface area contributed by atoms with Gasteiger partial charge < -0.3 is 15.0 Å². The zero-order chi connectivity index (χ0) is 15.6. The Balaban J connectivity index is 1.39. The van der Waals surface area contributed by atoms with E-state index in [2.05, 4.69) is 10.3 Å². The van der Waals surface area contributed by atoms with Crippen molar-refractivity contribution in [3.8, 4) is 0 Å². The SMILES string of the molecule is O=C(Nc1cccc2ncccc12)N1CC[C@@H](OCC2CC2)C1. The van der Waals surface area contributed by atoms with Crippen molar-refractivity contribution in [1.82, 2.24) is 9.88 Å². The van der Waals surface area contributed by atoms with E-state index in [1.165, 1.54) is 12.8 Å². The van der Waals surface area contributed by atoms with E-state index in [1.807, 2.05) is 35.2 Å². The number of rotatable bonds is 4. The van der Waals surface area contributed by atoms with Gasteiger partial charge in [0.2, 0.25) is 0 Å². The lowest BCUT2D eigenvalue weighted by Gasteiger charge is -2.18. The molecule has 2 aromatic rings. The molecule has 4 rings (SSSR count). The van der Waals surface area contributed by atoms with Crippen LogP contribution in [-0.2, 0) is 4.74 Å². The number of carbonyl (C=O) groups is 1. The number of anilines is 1. The summed E-state index contributed by atoms with van der Waals surface area (Å²) in [6, 6.07) is 9.58. The van der Waals surface area contributed by atoms with Crippen LogP contribution in [0.15, 0.2) is 36.5 Å². The lowest BCUT2D eigenvalue weighted by Crippen LogP contribution is -2.34. The minimum absolute atomic E-state index is 0.0566. The highest BCUT2D eigenvalue weighted by molar-refractivity contribution is 6.00. The summed E-state index contributed by atoms with van der Waals surface area (Å²) in [5.74, 6) is 0.765. The normalized spacial score (nSPS) is 20.9. The molecule has 5 nitrogen and oxygen atoms in total. The van der Waals surface area contributed by atoms with Crippen LogP contribution in [0.3, 0.4) is 0 Å². The van der Waals surface area contributed by atoms with Crippen LogP contribution in [0.25, 0.3) is 10.9 Å². The maximum absolute atomic E-state index is 12.5. The average Bonchev–Trinajstić information content (AvgIpc) is 3.29. The number of hydrogen-bond donors (Lipinski definition) is 1. The number of nitrogens with zero attached hydrogens (tertiary/aromatic N) is 2. The topological polar surface area (TPSA) is 54.5 Å². The Kier molecular flexibility index (Phi) is 3.87. The number of ether oxygens (including phenoxy) is 1. The Morgan fingerprint density at radius 2 is 2.17 bits per heavy atom. The molecule has 23 heavy (non-hydrogen) atoms. The molecule has 1 aromatic carbocycles. The third-order valence-electron chi connectivity index (χ3n) is 4.58. The van der Waals surface area contributed by atoms with Gasteiger partial charge >= 0.3 is 6.03 Å². The van der Waals surface area contributed by atoms with Gasteiger partial charge in [0.15, 0.2) is 0 Å². The van der Waals surface area contributed by atoms with Crippen molar-refractivity contribution in [3.63, 3.8) is 0 Å². The van der Waals surface area contributed by atoms with Gasteiger partial charge in [0.05, 0.1) is 17.3 Å². The van der Waals surface area contributed by atoms with Gasteiger partial charge in [0.1, 0.15) is 0 Å². The van der Waals surface area contributed by atoms with E-state index in [0.29, 0.717) is 6.54 Å². The first-order valence-electron chi connectivity index (χ1n) is 8.31. The fourth-order valence-electron chi connectivity index (χ4n) is 3.01. The quantitative estimate of drug-likeness (QED) is 0.943. The van der Waals surface area contributed by atoms with E-state index in [-0.39, 0.29) is 12.1 Å². The first kappa shape index (κ1) is 14.5. The third-order valence-corrected chi connectivity index (χ3v) is 4.58. The number of benzene rings is 1. The summed E-state index contributed by atoms with van der Waals surface area (Å²) < 4.78 is 5.90. The molecule has 1 N–H and O–H groups in total. The summed E-state index contributed by atoms with van der Waals surface area (Å²) in [7, 11) is 0. The van der Waals surface area contributed by atoms with Crippen LogP contribution in [0.4, 0.5) is 10.5 Å². The number of amides is 2. The minimum Gasteiger partial charge on any atom is -0.376 e. The van der Waals surface area contributed by atoms with E-state index in [9.17, 15) is 4.79 Å². The number of aromatic nitrogens is 1. The van der Waals surface area contributed by atoms with Crippen molar-refractivity contribution in [1.29, 1.82) is 0 Å². The molecule has 2 aliphatic rings. The molecule has 0 unspecified atom stereocenters. The number of pyridine rings is 1. The van der Waals surface area contributed by atoms with Crippen molar-refractivity contribution in [2.24, 2.45) is 5.92 Å². The van der Waals surface area contributed by atoms with E-state index in [1.54, 1.807) is 6.20 Å². The van der Waals surface area contributed by atoms with Crippen molar-refractivity contribution in [2.45, 2.75) is 25.4 Å². The zero-order valence-electron chi connectivity index (χ0n) is 13.1. The van der Waals surface area contributed by atoms with E-state index < -0.39 is 0 Å². The smallest absolute Gasteiger partial charge is 0.321 e. The molecule has 2 heterocycles. The molecule has 1 aliphatic carbocycles. The molecule has 1 aromatic heterocycles. The highest BCUT2D eigenvalue weighted by Crippen LogP contribution is 2.30. The summed E-state index contributed by atoms with van der Waals surface area (Å²) in [4.78, 5) is 18.7. The van der Waals surface area contributed by atoms with E-state index >= 15 is 0 Å². The molecule has 1 saturated carbocycles. The number of nitrogens with one attached hydrogen (secondary N) is 1. The maximum Gasteiger partial charge on any atom is 0.321 e. The second kappa shape index (κ2) is 6.16. The molecule has 1 aliphatic heterocycles. The molecule has 1 atom stereocenters. The van der Waals surface area contributed by atoms with Crippen molar-refractivity contribution < 1.29 is 9.53 Å². The molecule has 2 fully saturated rings.